The van der Waals surface area contributed by atoms with Crippen molar-refractivity contribution in [3.8, 4) is 0 Å². The number of amides is 1. The maximum atomic E-state index is 12.5. The zero-order chi connectivity index (χ0) is 17.5. The van der Waals surface area contributed by atoms with Gasteiger partial charge in [0.2, 0.25) is 5.91 Å². The summed E-state index contributed by atoms with van der Waals surface area (Å²) >= 11 is 0. The van der Waals surface area contributed by atoms with Gasteiger partial charge in [0.05, 0.1) is 5.92 Å². The number of nitrogens with one attached hydrogen (secondary N) is 1. The van der Waals surface area contributed by atoms with Gasteiger partial charge in [0, 0.05) is 39.3 Å². The number of nitrogens with zero attached hydrogens (tertiary/aromatic N) is 2. The molecule has 1 fully saturated rings. The fourth-order valence-corrected chi connectivity index (χ4v) is 3.29. The van der Waals surface area contributed by atoms with Gasteiger partial charge in [-0.15, -0.1) is 0 Å². The number of rotatable bonds is 7. The molecule has 0 radical (unpaired) electrons. The molecule has 0 aliphatic carbocycles. The zero-order valence-corrected chi connectivity index (χ0v) is 15.7. The largest absolute Gasteiger partial charge is 0.354 e. The molecule has 1 amide bonds. The second-order valence-corrected chi connectivity index (χ2v) is 7.45. The van der Waals surface area contributed by atoms with Crippen LogP contribution in [-0.4, -0.2) is 62.0 Å². The Hall–Kier alpha value is -1.39. The molecule has 1 N–H and O–H groups in total. The Bertz CT molecular complexity index is 521. The molecule has 1 heterocycles. The fraction of sp³-hybridized carbons (Fsp3) is 0.650. The van der Waals surface area contributed by atoms with Gasteiger partial charge in [-0.25, -0.2) is 0 Å². The molecule has 1 aromatic carbocycles. The first-order valence-electron chi connectivity index (χ1n) is 9.23. The number of hydrogen-bond acceptors (Lipinski definition) is 3. The SMILES string of the molecule is CC(C)Cc1ccccc1C(C)C(=O)NCCN1CCN(C)CC1. The Balaban J connectivity index is 1.84. The van der Waals surface area contributed by atoms with Gasteiger partial charge in [-0.1, -0.05) is 38.1 Å². The number of carbonyl (C=O) groups is 1. The summed E-state index contributed by atoms with van der Waals surface area (Å²) in [6.45, 7) is 12.6. The molecule has 0 saturated carbocycles. The Morgan fingerprint density at radius 3 is 2.46 bits per heavy atom. The van der Waals surface area contributed by atoms with Crippen LogP contribution in [0.15, 0.2) is 24.3 Å². The summed E-state index contributed by atoms with van der Waals surface area (Å²) in [6, 6.07) is 8.36. The van der Waals surface area contributed by atoms with E-state index >= 15 is 0 Å². The molecule has 134 valence electrons. The van der Waals surface area contributed by atoms with Crippen LogP contribution in [0.25, 0.3) is 0 Å². The average Bonchev–Trinajstić information content (AvgIpc) is 2.56. The van der Waals surface area contributed by atoms with Crippen molar-refractivity contribution in [2.45, 2.75) is 33.1 Å². The van der Waals surface area contributed by atoms with E-state index in [0.717, 1.165) is 45.7 Å². The van der Waals surface area contributed by atoms with Crippen molar-refractivity contribution in [2.24, 2.45) is 5.92 Å². The van der Waals surface area contributed by atoms with E-state index in [1.807, 2.05) is 13.0 Å². The lowest BCUT2D eigenvalue weighted by Crippen LogP contribution is -2.47. The molecule has 4 heteroatoms. The van der Waals surface area contributed by atoms with Gasteiger partial charge < -0.3 is 10.2 Å². The maximum Gasteiger partial charge on any atom is 0.227 e. The molecule has 4 nitrogen and oxygen atoms in total. The molecule has 1 unspecified atom stereocenters. The first kappa shape index (κ1) is 18.9. The minimum atomic E-state index is -0.0903. The van der Waals surface area contributed by atoms with Crippen LogP contribution in [0.2, 0.25) is 0 Å². The van der Waals surface area contributed by atoms with Crippen LogP contribution in [0.4, 0.5) is 0 Å². The van der Waals surface area contributed by atoms with Gasteiger partial charge in [0.25, 0.3) is 0 Å². The fourth-order valence-electron chi connectivity index (χ4n) is 3.29. The summed E-state index contributed by atoms with van der Waals surface area (Å²) in [5, 5.41) is 3.13. The summed E-state index contributed by atoms with van der Waals surface area (Å²) in [5.74, 6) is 0.645. The summed E-state index contributed by atoms with van der Waals surface area (Å²) < 4.78 is 0. The van der Waals surface area contributed by atoms with Crippen molar-refractivity contribution in [3.05, 3.63) is 35.4 Å². The van der Waals surface area contributed by atoms with Crippen LogP contribution in [0.5, 0.6) is 0 Å². The van der Waals surface area contributed by atoms with Crippen molar-refractivity contribution < 1.29 is 4.79 Å². The van der Waals surface area contributed by atoms with E-state index in [0.29, 0.717) is 5.92 Å². The highest BCUT2D eigenvalue weighted by molar-refractivity contribution is 5.83. The minimum absolute atomic E-state index is 0.0903. The molecule has 1 aromatic rings. The molecule has 1 aliphatic rings. The zero-order valence-electron chi connectivity index (χ0n) is 15.7. The Kier molecular flexibility index (Phi) is 7.25. The standard InChI is InChI=1S/C20H33N3O/c1-16(2)15-18-7-5-6-8-19(18)17(3)20(24)21-9-10-23-13-11-22(4)12-14-23/h5-8,16-17H,9-15H2,1-4H3,(H,21,24). The molecular formula is C20H33N3O. The number of piperazine rings is 1. The number of benzene rings is 1. The molecule has 24 heavy (non-hydrogen) atoms. The van der Waals surface area contributed by atoms with E-state index in [1.54, 1.807) is 0 Å². The molecule has 2 rings (SSSR count). The van der Waals surface area contributed by atoms with Crippen molar-refractivity contribution in [3.63, 3.8) is 0 Å². The highest BCUT2D eigenvalue weighted by Gasteiger charge is 2.19. The third-order valence-corrected chi connectivity index (χ3v) is 4.87. The lowest BCUT2D eigenvalue weighted by Gasteiger charge is -2.32. The normalized spacial score (nSPS) is 17.9. The number of hydrogen-bond donors (Lipinski definition) is 1. The molecule has 0 bridgehead atoms. The lowest BCUT2D eigenvalue weighted by molar-refractivity contribution is -0.122. The molecule has 1 atom stereocenters. The van der Waals surface area contributed by atoms with E-state index in [2.05, 4.69) is 54.2 Å². The van der Waals surface area contributed by atoms with E-state index in [-0.39, 0.29) is 11.8 Å². The Morgan fingerprint density at radius 1 is 1.12 bits per heavy atom. The highest BCUT2D eigenvalue weighted by atomic mass is 16.1. The van der Waals surface area contributed by atoms with Gasteiger partial charge in [-0.3, -0.25) is 9.69 Å². The van der Waals surface area contributed by atoms with Crippen molar-refractivity contribution in [1.82, 2.24) is 15.1 Å². The quantitative estimate of drug-likeness (QED) is 0.833. The minimum Gasteiger partial charge on any atom is -0.354 e. The van der Waals surface area contributed by atoms with E-state index in [1.165, 1.54) is 11.1 Å². The monoisotopic (exact) mass is 331 g/mol. The van der Waals surface area contributed by atoms with Gasteiger partial charge in [0.1, 0.15) is 0 Å². The summed E-state index contributed by atoms with van der Waals surface area (Å²) in [4.78, 5) is 17.3. The third-order valence-electron chi connectivity index (χ3n) is 4.87. The van der Waals surface area contributed by atoms with Crippen LogP contribution < -0.4 is 5.32 Å². The molecule has 1 aliphatic heterocycles. The van der Waals surface area contributed by atoms with Gasteiger partial charge in [-0.05, 0) is 37.4 Å². The van der Waals surface area contributed by atoms with Crippen LogP contribution in [0.3, 0.4) is 0 Å². The van der Waals surface area contributed by atoms with Crippen molar-refractivity contribution in [2.75, 3.05) is 46.3 Å². The van der Waals surface area contributed by atoms with Gasteiger partial charge >= 0.3 is 0 Å². The predicted molar refractivity (Wildman–Crippen MR) is 100 cm³/mol. The van der Waals surface area contributed by atoms with Crippen LogP contribution in [-0.2, 0) is 11.2 Å². The van der Waals surface area contributed by atoms with Crippen LogP contribution >= 0.6 is 0 Å². The van der Waals surface area contributed by atoms with Gasteiger partial charge in [-0.2, -0.15) is 0 Å². The molecule has 1 saturated heterocycles. The van der Waals surface area contributed by atoms with Crippen LogP contribution in [0.1, 0.15) is 37.8 Å². The topological polar surface area (TPSA) is 35.6 Å². The lowest BCUT2D eigenvalue weighted by atomic mass is 9.90. The number of likely N-dealkylation sites (N-methyl/N-ethyl adjacent to an activating group) is 1. The second-order valence-electron chi connectivity index (χ2n) is 7.45. The predicted octanol–water partition coefficient (Wildman–Crippen LogP) is 2.35. The average molecular weight is 332 g/mol. The summed E-state index contributed by atoms with van der Waals surface area (Å²) in [5.41, 5.74) is 2.47. The van der Waals surface area contributed by atoms with Crippen molar-refractivity contribution >= 4 is 5.91 Å². The highest BCUT2D eigenvalue weighted by Crippen LogP contribution is 2.22. The first-order valence-corrected chi connectivity index (χ1v) is 9.23. The smallest absolute Gasteiger partial charge is 0.227 e. The maximum absolute atomic E-state index is 12.5. The summed E-state index contributed by atoms with van der Waals surface area (Å²) in [7, 11) is 2.16. The van der Waals surface area contributed by atoms with Gasteiger partial charge in [0.15, 0.2) is 0 Å². The second kappa shape index (κ2) is 9.19. The van der Waals surface area contributed by atoms with E-state index in [9.17, 15) is 4.79 Å². The molecular weight excluding hydrogens is 298 g/mol. The Labute approximate surface area is 147 Å². The Morgan fingerprint density at radius 2 is 1.79 bits per heavy atom. The first-order chi connectivity index (χ1) is 11.5. The van der Waals surface area contributed by atoms with Crippen molar-refractivity contribution in [1.29, 1.82) is 0 Å². The van der Waals surface area contributed by atoms with Crippen LogP contribution in [0, 0.1) is 5.92 Å². The molecule has 0 aromatic heterocycles. The van der Waals surface area contributed by atoms with E-state index < -0.39 is 0 Å². The van der Waals surface area contributed by atoms with E-state index in [4.69, 9.17) is 0 Å². The summed E-state index contributed by atoms with van der Waals surface area (Å²) in [6.07, 6.45) is 1.02. The third kappa shape index (κ3) is 5.60. The number of carbonyl (C=O) groups excluding carboxylic acids is 1. The molecule has 0 spiro atoms.